The standard InChI is InChI=1S/C9H10FIN2O3/c1-12(2-3-14)8-4-6(10)7(11)5-9(8)13(15)16/h4-5,14H,2-3H2,1H3. The van der Waals surface area contributed by atoms with E-state index in [4.69, 9.17) is 5.11 Å². The molecule has 0 fully saturated rings. The van der Waals surface area contributed by atoms with Gasteiger partial charge in [0, 0.05) is 25.7 Å². The minimum absolute atomic E-state index is 0.152. The van der Waals surface area contributed by atoms with Gasteiger partial charge in [-0.05, 0) is 22.6 Å². The summed E-state index contributed by atoms with van der Waals surface area (Å²) in [5.74, 6) is -0.508. The lowest BCUT2D eigenvalue weighted by Gasteiger charge is -2.17. The smallest absolute Gasteiger partial charge is 0.293 e. The van der Waals surface area contributed by atoms with Crippen LogP contribution in [0.1, 0.15) is 0 Å². The molecule has 0 unspecified atom stereocenters. The zero-order valence-electron chi connectivity index (χ0n) is 8.48. The van der Waals surface area contributed by atoms with Gasteiger partial charge < -0.3 is 10.0 Å². The summed E-state index contributed by atoms with van der Waals surface area (Å²) in [6.07, 6.45) is 0. The second-order valence-corrected chi connectivity index (χ2v) is 4.32. The molecule has 5 nitrogen and oxygen atoms in total. The number of benzene rings is 1. The predicted molar refractivity (Wildman–Crippen MR) is 66.1 cm³/mol. The molecule has 0 amide bonds. The van der Waals surface area contributed by atoms with Crippen molar-refractivity contribution in [3.05, 3.63) is 31.6 Å². The zero-order chi connectivity index (χ0) is 12.3. The average Bonchev–Trinajstić information content (AvgIpc) is 2.21. The molecule has 0 spiro atoms. The lowest BCUT2D eigenvalue weighted by Crippen LogP contribution is -2.22. The number of nitro benzene ring substituents is 1. The Morgan fingerprint density at radius 2 is 2.25 bits per heavy atom. The zero-order valence-corrected chi connectivity index (χ0v) is 10.6. The van der Waals surface area contributed by atoms with Crippen molar-refractivity contribution in [2.75, 3.05) is 25.1 Å². The van der Waals surface area contributed by atoms with Crippen LogP contribution in [0.2, 0.25) is 0 Å². The predicted octanol–water partition coefficient (Wildman–Crippen LogP) is 1.77. The molecule has 0 aliphatic heterocycles. The fourth-order valence-electron chi connectivity index (χ4n) is 1.25. The molecule has 0 aliphatic carbocycles. The number of nitrogens with zero attached hydrogens (tertiary/aromatic N) is 2. The molecule has 1 rings (SSSR count). The minimum Gasteiger partial charge on any atom is -0.395 e. The number of aliphatic hydroxyl groups is 1. The second kappa shape index (κ2) is 5.39. The molecule has 0 bridgehead atoms. The van der Waals surface area contributed by atoms with Crippen molar-refractivity contribution < 1.29 is 14.4 Å². The van der Waals surface area contributed by atoms with E-state index in [1.165, 1.54) is 11.0 Å². The molecule has 16 heavy (non-hydrogen) atoms. The van der Waals surface area contributed by atoms with Crippen molar-refractivity contribution in [1.29, 1.82) is 0 Å². The van der Waals surface area contributed by atoms with Gasteiger partial charge in [0.2, 0.25) is 0 Å². The molecular formula is C9H10FIN2O3. The van der Waals surface area contributed by atoms with Crippen molar-refractivity contribution in [2.24, 2.45) is 0 Å². The maximum Gasteiger partial charge on any atom is 0.293 e. The van der Waals surface area contributed by atoms with Crippen LogP contribution in [0.15, 0.2) is 12.1 Å². The first-order chi connectivity index (χ1) is 7.47. The summed E-state index contributed by atoms with van der Waals surface area (Å²) in [6, 6.07) is 2.29. The molecule has 0 saturated carbocycles. The van der Waals surface area contributed by atoms with Gasteiger partial charge in [0.05, 0.1) is 15.1 Å². The Labute approximate surface area is 105 Å². The van der Waals surface area contributed by atoms with Gasteiger partial charge in [0.25, 0.3) is 5.69 Å². The van der Waals surface area contributed by atoms with Gasteiger partial charge in [-0.15, -0.1) is 0 Å². The number of halogens is 2. The van der Waals surface area contributed by atoms with E-state index in [0.717, 1.165) is 6.07 Å². The van der Waals surface area contributed by atoms with E-state index in [0.29, 0.717) is 0 Å². The van der Waals surface area contributed by atoms with Crippen molar-refractivity contribution in [2.45, 2.75) is 0 Å². The molecule has 0 saturated heterocycles. The van der Waals surface area contributed by atoms with Gasteiger partial charge in [-0.1, -0.05) is 0 Å². The lowest BCUT2D eigenvalue weighted by molar-refractivity contribution is -0.384. The molecule has 1 aromatic rings. The van der Waals surface area contributed by atoms with Crippen molar-refractivity contribution in [1.82, 2.24) is 0 Å². The molecule has 0 aromatic heterocycles. The second-order valence-electron chi connectivity index (χ2n) is 3.16. The number of aliphatic hydroxyl groups excluding tert-OH is 1. The third-order valence-electron chi connectivity index (χ3n) is 2.06. The Morgan fingerprint density at radius 1 is 1.62 bits per heavy atom. The third-order valence-corrected chi connectivity index (χ3v) is 2.89. The van der Waals surface area contributed by atoms with Gasteiger partial charge in [-0.25, -0.2) is 4.39 Å². The molecule has 0 aliphatic rings. The van der Waals surface area contributed by atoms with Gasteiger partial charge in [0.1, 0.15) is 11.5 Å². The first kappa shape index (κ1) is 13.1. The van der Waals surface area contributed by atoms with Crippen LogP contribution in [0.25, 0.3) is 0 Å². The van der Waals surface area contributed by atoms with Crippen LogP contribution < -0.4 is 4.90 Å². The van der Waals surface area contributed by atoms with Crippen LogP contribution in [0.3, 0.4) is 0 Å². The maximum absolute atomic E-state index is 13.3. The van der Waals surface area contributed by atoms with Crippen LogP contribution in [0, 0.1) is 19.5 Å². The normalized spacial score (nSPS) is 10.2. The molecule has 0 atom stereocenters. The molecule has 0 radical (unpaired) electrons. The minimum atomic E-state index is -0.565. The van der Waals surface area contributed by atoms with Crippen LogP contribution in [-0.2, 0) is 0 Å². The van der Waals surface area contributed by atoms with Crippen LogP contribution in [0.4, 0.5) is 15.8 Å². The Balaban J connectivity index is 3.24. The van der Waals surface area contributed by atoms with E-state index in [2.05, 4.69) is 0 Å². The molecule has 0 heterocycles. The SMILES string of the molecule is CN(CCO)c1cc(F)c(I)cc1[N+](=O)[O-]. The quantitative estimate of drug-likeness (QED) is 0.515. The molecule has 1 aromatic carbocycles. The van der Waals surface area contributed by atoms with Gasteiger partial charge in [0.15, 0.2) is 0 Å². The van der Waals surface area contributed by atoms with Crippen LogP contribution >= 0.6 is 22.6 Å². The van der Waals surface area contributed by atoms with Crippen molar-refractivity contribution >= 4 is 34.0 Å². The highest BCUT2D eigenvalue weighted by Crippen LogP contribution is 2.30. The summed E-state index contributed by atoms with van der Waals surface area (Å²) in [7, 11) is 1.56. The lowest BCUT2D eigenvalue weighted by atomic mass is 10.2. The average molecular weight is 340 g/mol. The van der Waals surface area contributed by atoms with Gasteiger partial charge >= 0.3 is 0 Å². The fraction of sp³-hybridized carbons (Fsp3) is 0.333. The Morgan fingerprint density at radius 3 is 2.75 bits per heavy atom. The van der Waals surface area contributed by atoms with E-state index in [1.54, 1.807) is 29.6 Å². The Bertz CT molecular complexity index is 414. The summed E-state index contributed by atoms with van der Waals surface area (Å²) in [4.78, 5) is 11.7. The van der Waals surface area contributed by atoms with Gasteiger partial charge in [-0.3, -0.25) is 10.1 Å². The van der Waals surface area contributed by atoms with Gasteiger partial charge in [-0.2, -0.15) is 0 Å². The summed E-state index contributed by atoms with van der Waals surface area (Å²) < 4.78 is 13.5. The van der Waals surface area contributed by atoms with Crippen LogP contribution in [-0.4, -0.2) is 30.2 Å². The topological polar surface area (TPSA) is 66.6 Å². The van der Waals surface area contributed by atoms with Crippen molar-refractivity contribution in [3.63, 3.8) is 0 Å². The van der Waals surface area contributed by atoms with Crippen molar-refractivity contribution in [3.8, 4) is 0 Å². The van der Waals surface area contributed by atoms with E-state index in [1.807, 2.05) is 0 Å². The summed E-state index contributed by atoms with van der Waals surface area (Å²) in [6.45, 7) is 0.0577. The Hall–Kier alpha value is -0.960. The van der Waals surface area contributed by atoms with E-state index < -0.39 is 10.7 Å². The number of rotatable bonds is 4. The Kier molecular flexibility index (Phi) is 4.42. The first-order valence-corrected chi connectivity index (χ1v) is 5.50. The highest BCUT2D eigenvalue weighted by Gasteiger charge is 2.20. The molecule has 7 heteroatoms. The fourth-order valence-corrected chi connectivity index (χ4v) is 1.70. The summed E-state index contributed by atoms with van der Waals surface area (Å²) in [5, 5.41) is 19.5. The highest BCUT2D eigenvalue weighted by molar-refractivity contribution is 14.1. The third kappa shape index (κ3) is 2.79. The molecular weight excluding hydrogens is 330 g/mol. The highest BCUT2D eigenvalue weighted by atomic mass is 127. The number of hydrogen-bond donors (Lipinski definition) is 1. The molecule has 88 valence electrons. The number of hydrogen-bond acceptors (Lipinski definition) is 4. The summed E-state index contributed by atoms with van der Waals surface area (Å²) >= 11 is 1.70. The molecule has 1 N–H and O–H groups in total. The van der Waals surface area contributed by atoms with E-state index >= 15 is 0 Å². The van der Waals surface area contributed by atoms with E-state index in [9.17, 15) is 14.5 Å². The summed E-state index contributed by atoms with van der Waals surface area (Å²) in [5.41, 5.74) is -0.00119. The first-order valence-electron chi connectivity index (χ1n) is 4.42. The van der Waals surface area contributed by atoms with E-state index in [-0.39, 0.29) is 28.1 Å². The monoisotopic (exact) mass is 340 g/mol. The largest absolute Gasteiger partial charge is 0.395 e. The number of likely N-dealkylation sites (N-methyl/N-ethyl adjacent to an activating group) is 1. The number of anilines is 1. The van der Waals surface area contributed by atoms with Crippen LogP contribution in [0.5, 0.6) is 0 Å². The number of nitro groups is 1. The maximum atomic E-state index is 13.3.